The average molecular weight is 195 g/mol. The Kier molecular flexibility index (Phi) is 2.88. The Morgan fingerprint density at radius 2 is 1.57 bits per heavy atom. The van der Waals surface area contributed by atoms with Gasteiger partial charge in [-0.2, -0.15) is 0 Å². The van der Waals surface area contributed by atoms with E-state index in [1.807, 2.05) is 0 Å². The van der Waals surface area contributed by atoms with Gasteiger partial charge in [-0.05, 0) is 37.0 Å². The summed E-state index contributed by atoms with van der Waals surface area (Å²) in [5, 5.41) is 3.85. The van der Waals surface area contributed by atoms with Crippen molar-refractivity contribution < 1.29 is 0 Å². The fraction of sp³-hybridized carbons (Fsp3) is 1.00. The van der Waals surface area contributed by atoms with Crippen LogP contribution in [-0.4, -0.2) is 12.1 Å². The molecule has 1 N–H and O–H groups in total. The van der Waals surface area contributed by atoms with E-state index in [2.05, 4.69) is 26.1 Å². The van der Waals surface area contributed by atoms with Crippen molar-refractivity contribution in [3.63, 3.8) is 0 Å². The molecular weight excluding hydrogens is 170 g/mol. The molecule has 2 aliphatic rings. The lowest BCUT2D eigenvalue weighted by Gasteiger charge is -2.41. The Balaban J connectivity index is 1.95. The van der Waals surface area contributed by atoms with Crippen LogP contribution in [0, 0.1) is 11.3 Å². The molecule has 0 aromatic rings. The van der Waals surface area contributed by atoms with Crippen molar-refractivity contribution in [2.24, 2.45) is 11.3 Å². The van der Waals surface area contributed by atoms with Gasteiger partial charge in [0.15, 0.2) is 0 Å². The Labute approximate surface area is 88.7 Å². The molecule has 82 valence electrons. The molecule has 0 radical (unpaired) electrons. The highest BCUT2D eigenvalue weighted by Crippen LogP contribution is 2.39. The summed E-state index contributed by atoms with van der Waals surface area (Å²) in [6.45, 7) is 7.22. The predicted molar refractivity (Wildman–Crippen MR) is 61.4 cm³/mol. The van der Waals surface area contributed by atoms with Crippen molar-refractivity contribution >= 4 is 0 Å². The van der Waals surface area contributed by atoms with Gasteiger partial charge in [-0.3, -0.25) is 0 Å². The van der Waals surface area contributed by atoms with E-state index < -0.39 is 0 Å². The largest absolute Gasteiger partial charge is 0.311 e. The molecule has 0 aliphatic heterocycles. The van der Waals surface area contributed by atoms with E-state index in [9.17, 15) is 0 Å². The van der Waals surface area contributed by atoms with E-state index in [0.717, 1.165) is 18.0 Å². The first-order valence-electron chi connectivity index (χ1n) is 6.33. The van der Waals surface area contributed by atoms with E-state index in [1.54, 1.807) is 0 Å². The molecule has 0 heterocycles. The first-order valence-corrected chi connectivity index (χ1v) is 6.33. The molecule has 2 rings (SSSR count). The van der Waals surface area contributed by atoms with Crippen LogP contribution in [0.25, 0.3) is 0 Å². The molecule has 2 atom stereocenters. The predicted octanol–water partition coefficient (Wildman–Crippen LogP) is 3.34. The van der Waals surface area contributed by atoms with Gasteiger partial charge in [-0.15, -0.1) is 0 Å². The van der Waals surface area contributed by atoms with Crippen molar-refractivity contribution in [1.29, 1.82) is 0 Å². The van der Waals surface area contributed by atoms with Crippen LogP contribution in [0.1, 0.15) is 59.3 Å². The minimum Gasteiger partial charge on any atom is -0.311 e. The second-order valence-electron chi connectivity index (χ2n) is 6.30. The fourth-order valence-electron chi connectivity index (χ4n) is 2.92. The van der Waals surface area contributed by atoms with Crippen molar-refractivity contribution in [3.8, 4) is 0 Å². The van der Waals surface area contributed by atoms with Crippen LogP contribution in [-0.2, 0) is 0 Å². The van der Waals surface area contributed by atoms with Gasteiger partial charge in [-0.25, -0.2) is 0 Å². The smallest absolute Gasteiger partial charge is 0.0103 e. The fourth-order valence-corrected chi connectivity index (χ4v) is 2.92. The molecule has 0 aromatic carbocycles. The molecule has 0 aromatic heterocycles. The summed E-state index contributed by atoms with van der Waals surface area (Å²) in [6.07, 6.45) is 8.59. The number of hydrogen-bond acceptors (Lipinski definition) is 1. The molecule has 2 aliphatic carbocycles. The average Bonchev–Trinajstić information content (AvgIpc) is 2.87. The van der Waals surface area contributed by atoms with Crippen molar-refractivity contribution in [1.82, 2.24) is 5.32 Å². The third kappa shape index (κ3) is 2.50. The molecule has 1 nitrogen and oxygen atoms in total. The van der Waals surface area contributed by atoms with Gasteiger partial charge >= 0.3 is 0 Å². The summed E-state index contributed by atoms with van der Waals surface area (Å²) in [7, 11) is 0. The van der Waals surface area contributed by atoms with E-state index in [0.29, 0.717) is 5.41 Å². The van der Waals surface area contributed by atoms with Crippen LogP contribution < -0.4 is 5.32 Å². The normalized spacial score (nSPS) is 34.5. The maximum absolute atomic E-state index is 3.85. The number of nitrogens with one attached hydrogen (secondary N) is 1. The molecular formula is C13H25N. The summed E-state index contributed by atoms with van der Waals surface area (Å²) >= 11 is 0. The Bertz CT molecular complexity index is 188. The van der Waals surface area contributed by atoms with Crippen LogP contribution >= 0.6 is 0 Å². The highest BCUT2D eigenvalue weighted by atomic mass is 15.0. The monoisotopic (exact) mass is 195 g/mol. The lowest BCUT2D eigenvalue weighted by Crippen LogP contribution is -2.45. The molecule has 0 saturated heterocycles. The number of hydrogen-bond donors (Lipinski definition) is 1. The van der Waals surface area contributed by atoms with E-state index >= 15 is 0 Å². The van der Waals surface area contributed by atoms with Crippen LogP contribution in [0.2, 0.25) is 0 Å². The number of rotatable bonds is 2. The lowest BCUT2D eigenvalue weighted by atomic mass is 9.69. The SMILES string of the molecule is CC(C)(C)[C@H]1CCCC[C@@H]1NC1CC1. The second kappa shape index (κ2) is 3.84. The highest BCUT2D eigenvalue weighted by molar-refractivity contribution is 4.93. The zero-order valence-corrected chi connectivity index (χ0v) is 9.97. The summed E-state index contributed by atoms with van der Waals surface area (Å²) in [5.74, 6) is 0.900. The summed E-state index contributed by atoms with van der Waals surface area (Å²) < 4.78 is 0. The van der Waals surface area contributed by atoms with Crippen molar-refractivity contribution in [2.45, 2.75) is 71.4 Å². The van der Waals surface area contributed by atoms with Gasteiger partial charge < -0.3 is 5.32 Å². The molecule has 0 amide bonds. The van der Waals surface area contributed by atoms with E-state index in [1.165, 1.54) is 38.5 Å². The van der Waals surface area contributed by atoms with Crippen LogP contribution in [0.5, 0.6) is 0 Å². The highest BCUT2D eigenvalue weighted by Gasteiger charge is 2.36. The topological polar surface area (TPSA) is 12.0 Å². The molecule has 14 heavy (non-hydrogen) atoms. The maximum atomic E-state index is 3.85. The van der Waals surface area contributed by atoms with Gasteiger partial charge in [0.2, 0.25) is 0 Å². The van der Waals surface area contributed by atoms with Gasteiger partial charge in [0.25, 0.3) is 0 Å². The minimum absolute atomic E-state index is 0.493. The van der Waals surface area contributed by atoms with Crippen molar-refractivity contribution in [2.75, 3.05) is 0 Å². The van der Waals surface area contributed by atoms with Gasteiger partial charge in [0.1, 0.15) is 0 Å². The quantitative estimate of drug-likeness (QED) is 0.712. The summed E-state index contributed by atoms with van der Waals surface area (Å²) in [4.78, 5) is 0. The van der Waals surface area contributed by atoms with Crippen molar-refractivity contribution in [3.05, 3.63) is 0 Å². The maximum Gasteiger partial charge on any atom is 0.0103 e. The summed E-state index contributed by atoms with van der Waals surface area (Å²) in [5.41, 5.74) is 0.493. The minimum atomic E-state index is 0.493. The standard InChI is InChI=1S/C13H25N/c1-13(2,3)11-6-4-5-7-12(11)14-10-8-9-10/h10-12,14H,4-9H2,1-3H3/t11-,12-/m0/s1. The zero-order chi connectivity index (χ0) is 10.2. The Morgan fingerprint density at radius 1 is 0.929 bits per heavy atom. The first kappa shape index (κ1) is 10.5. The molecule has 1 heteroatoms. The first-order chi connectivity index (χ1) is 6.57. The second-order valence-corrected chi connectivity index (χ2v) is 6.30. The lowest BCUT2D eigenvalue weighted by molar-refractivity contribution is 0.130. The van der Waals surface area contributed by atoms with Crippen LogP contribution in [0.3, 0.4) is 0 Å². The van der Waals surface area contributed by atoms with Crippen LogP contribution in [0.15, 0.2) is 0 Å². The summed E-state index contributed by atoms with van der Waals surface area (Å²) in [6, 6.07) is 1.69. The zero-order valence-electron chi connectivity index (χ0n) is 9.97. The molecule has 0 spiro atoms. The van der Waals surface area contributed by atoms with Gasteiger partial charge in [0, 0.05) is 12.1 Å². The third-order valence-corrected chi connectivity index (χ3v) is 3.91. The molecule has 0 unspecified atom stereocenters. The van der Waals surface area contributed by atoms with Crippen LogP contribution in [0.4, 0.5) is 0 Å². The van der Waals surface area contributed by atoms with E-state index in [-0.39, 0.29) is 0 Å². The Hall–Kier alpha value is -0.0400. The van der Waals surface area contributed by atoms with Gasteiger partial charge in [-0.1, -0.05) is 33.6 Å². The van der Waals surface area contributed by atoms with Gasteiger partial charge in [0.05, 0.1) is 0 Å². The molecule has 0 bridgehead atoms. The molecule has 2 saturated carbocycles. The third-order valence-electron chi connectivity index (χ3n) is 3.91. The Morgan fingerprint density at radius 3 is 2.14 bits per heavy atom. The van der Waals surface area contributed by atoms with E-state index in [4.69, 9.17) is 0 Å². The molecule has 2 fully saturated rings.